The van der Waals surface area contributed by atoms with E-state index in [9.17, 15) is 4.79 Å². The molecule has 3 aromatic heterocycles. The number of nitrogens with zero attached hydrogens (tertiary/aromatic N) is 5. The fraction of sp³-hybridized carbons (Fsp3) is 0.368. The van der Waals surface area contributed by atoms with E-state index >= 15 is 0 Å². The Morgan fingerprint density at radius 2 is 2.07 bits per heavy atom. The molecule has 1 amide bonds. The van der Waals surface area contributed by atoms with Crippen LogP contribution in [0.25, 0.3) is 17.0 Å². The van der Waals surface area contributed by atoms with Gasteiger partial charge in [-0.05, 0) is 32.0 Å². The van der Waals surface area contributed by atoms with E-state index in [1.165, 1.54) is 0 Å². The van der Waals surface area contributed by atoms with Gasteiger partial charge in [0, 0.05) is 32.7 Å². The highest BCUT2D eigenvalue weighted by atomic mass is 16.7. The first-order chi connectivity index (χ1) is 13.5. The Morgan fingerprint density at radius 3 is 2.75 bits per heavy atom. The van der Waals surface area contributed by atoms with Gasteiger partial charge < -0.3 is 19.2 Å². The maximum Gasteiger partial charge on any atom is 0.271 e. The zero-order chi connectivity index (χ0) is 20.1. The Labute approximate surface area is 162 Å². The number of nitriles is 1. The summed E-state index contributed by atoms with van der Waals surface area (Å²) in [7, 11) is 1.75. The molecule has 3 rings (SSSR count). The molecule has 0 aliphatic rings. The monoisotopic (exact) mass is 382 g/mol. The Morgan fingerprint density at radius 1 is 1.32 bits per heavy atom. The standard InChI is InChI=1S/C19H22N6O3/c1-4-27-18(28-5-2)11-21-19(26)14-9-16(24(3)23-14)15-12-25-7-6-13(10-20)8-17(25)22-15/h6-9,12,18H,4-5,11H2,1-3H3,(H,21,26). The highest BCUT2D eigenvalue weighted by Crippen LogP contribution is 2.20. The molecule has 3 heterocycles. The van der Waals surface area contributed by atoms with Gasteiger partial charge in [0.15, 0.2) is 12.0 Å². The summed E-state index contributed by atoms with van der Waals surface area (Å²) in [6.45, 7) is 4.96. The van der Waals surface area contributed by atoms with Gasteiger partial charge in [-0.2, -0.15) is 10.4 Å². The van der Waals surface area contributed by atoms with Crippen molar-refractivity contribution in [3.05, 3.63) is 41.9 Å². The number of hydrogen-bond donors (Lipinski definition) is 1. The molecule has 3 aromatic rings. The lowest BCUT2D eigenvalue weighted by Gasteiger charge is -2.16. The Hall–Kier alpha value is -3.22. The van der Waals surface area contributed by atoms with E-state index in [0.717, 1.165) is 0 Å². The summed E-state index contributed by atoms with van der Waals surface area (Å²) >= 11 is 0. The van der Waals surface area contributed by atoms with Crippen LogP contribution in [0.5, 0.6) is 0 Å². The van der Waals surface area contributed by atoms with E-state index in [4.69, 9.17) is 14.7 Å². The zero-order valence-electron chi connectivity index (χ0n) is 16.0. The molecule has 0 spiro atoms. The summed E-state index contributed by atoms with van der Waals surface area (Å²) in [5.41, 5.74) is 2.81. The highest BCUT2D eigenvalue weighted by Gasteiger charge is 2.17. The predicted octanol–water partition coefficient (Wildman–Crippen LogP) is 1.74. The molecule has 9 heteroatoms. The number of fused-ring (bicyclic) bond motifs is 1. The third-order valence-corrected chi connectivity index (χ3v) is 4.10. The van der Waals surface area contributed by atoms with Crippen LogP contribution in [-0.4, -0.2) is 51.1 Å². The molecule has 28 heavy (non-hydrogen) atoms. The average Bonchev–Trinajstić information content (AvgIpc) is 3.28. The molecule has 0 aromatic carbocycles. The topological polar surface area (TPSA) is 106 Å². The number of pyridine rings is 1. The number of carbonyl (C=O) groups is 1. The van der Waals surface area contributed by atoms with Crippen LogP contribution >= 0.6 is 0 Å². The maximum absolute atomic E-state index is 12.5. The van der Waals surface area contributed by atoms with Crippen LogP contribution < -0.4 is 5.32 Å². The first-order valence-corrected chi connectivity index (χ1v) is 9.00. The molecule has 0 unspecified atom stereocenters. The van der Waals surface area contributed by atoms with E-state index < -0.39 is 6.29 Å². The van der Waals surface area contributed by atoms with Crippen LogP contribution in [0.3, 0.4) is 0 Å². The van der Waals surface area contributed by atoms with Crippen molar-refractivity contribution >= 4 is 11.6 Å². The largest absolute Gasteiger partial charge is 0.351 e. The van der Waals surface area contributed by atoms with Crippen LogP contribution in [0.2, 0.25) is 0 Å². The summed E-state index contributed by atoms with van der Waals surface area (Å²) in [4.78, 5) is 17.0. The summed E-state index contributed by atoms with van der Waals surface area (Å²) in [6, 6.07) is 7.19. The molecule has 146 valence electrons. The van der Waals surface area contributed by atoms with Crippen LogP contribution in [0, 0.1) is 11.3 Å². The molecule has 0 saturated carbocycles. The third-order valence-electron chi connectivity index (χ3n) is 4.10. The minimum absolute atomic E-state index is 0.234. The summed E-state index contributed by atoms with van der Waals surface area (Å²) < 4.78 is 14.3. The number of aryl methyl sites for hydroxylation is 1. The first-order valence-electron chi connectivity index (χ1n) is 9.00. The van der Waals surface area contributed by atoms with Gasteiger partial charge in [0.2, 0.25) is 0 Å². The summed E-state index contributed by atoms with van der Waals surface area (Å²) in [6.07, 6.45) is 3.11. The molecule has 0 bridgehead atoms. The lowest BCUT2D eigenvalue weighted by Crippen LogP contribution is -2.35. The van der Waals surface area contributed by atoms with Gasteiger partial charge >= 0.3 is 0 Å². The Bertz CT molecular complexity index is 1010. The second kappa shape index (κ2) is 8.65. The van der Waals surface area contributed by atoms with Gasteiger partial charge in [-0.3, -0.25) is 9.48 Å². The predicted molar refractivity (Wildman–Crippen MR) is 101 cm³/mol. The zero-order valence-corrected chi connectivity index (χ0v) is 16.0. The molecular weight excluding hydrogens is 360 g/mol. The smallest absolute Gasteiger partial charge is 0.271 e. The van der Waals surface area contributed by atoms with Crippen molar-refractivity contribution in [3.8, 4) is 17.5 Å². The van der Waals surface area contributed by atoms with Crippen molar-refractivity contribution in [2.24, 2.45) is 7.05 Å². The normalized spacial score (nSPS) is 11.1. The molecule has 0 radical (unpaired) electrons. The van der Waals surface area contributed by atoms with Crippen molar-refractivity contribution in [1.29, 1.82) is 5.26 Å². The molecular formula is C19H22N6O3. The minimum Gasteiger partial charge on any atom is -0.351 e. The van der Waals surface area contributed by atoms with Crippen LogP contribution in [0.15, 0.2) is 30.6 Å². The molecule has 0 atom stereocenters. The van der Waals surface area contributed by atoms with Crippen LogP contribution in [-0.2, 0) is 16.5 Å². The maximum atomic E-state index is 12.5. The number of nitrogens with one attached hydrogen (secondary N) is 1. The van der Waals surface area contributed by atoms with Crippen LogP contribution in [0.4, 0.5) is 0 Å². The van der Waals surface area contributed by atoms with Crippen molar-refractivity contribution in [2.75, 3.05) is 19.8 Å². The van der Waals surface area contributed by atoms with Crippen molar-refractivity contribution in [2.45, 2.75) is 20.1 Å². The molecule has 0 saturated heterocycles. The van der Waals surface area contributed by atoms with Crippen LogP contribution in [0.1, 0.15) is 29.9 Å². The number of amides is 1. The van der Waals surface area contributed by atoms with Gasteiger partial charge in [-0.25, -0.2) is 4.98 Å². The fourth-order valence-corrected chi connectivity index (χ4v) is 2.80. The van der Waals surface area contributed by atoms with E-state index in [2.05, 4.69) is 21.5 Å². The molecule has 9 nitrogen and oxygen atoms in total. The van der Waals surface area contributed by atoms with Crippen molar-refractivity contribution in [3.63, 3.8) is 0 Å². The highest BCUT2D eigenvalue weighted by molar-refractivity contribution is 5.93. The van der Waals surface area contributed by atoms with E-state index in [1.807, 2.05) is 24.4 Å². The number of carbonyl (C=O) groups excluding carboxylic acids is 1. The lowest BCUT2D eigenvalue weighted by molar-refractivity contribution is -0.131. The SMILES string of the molecule is CCOC(CNC(=O)c1cc(-c2cn3ccc(C#N)cc3n2)n(C)n1)OCC. The number of hydrogen-bond acceptors (Lipinski definition) is 6. The van der Waals surface area contributed by atoms with Gasteiger partial charge in [-0.15, -0.1) is 0 Å². The number of rotatable bonds is 8. The molecule has 0 aliphatic heterocycles. The van der Waals surface area contributed by atoms with Gasteiger partial charge in [0.05, 0.1) is 23.9 Å². The summed E-state index contributed by atoms with van der Waals surface area (Å²) in [5, 5.41) is 16.1. The van der Waals surface area contributed by atoms with E-state index in [-0.39, 0.29) is 18.1 Å². The lowest BCUT2D eigenvalue weighted by atomic mass is 10.3. The molecule has 1 N–H and O–H groups in total. The minimum atomic E-state index is -0.491. The number of imidazole rings is 1. The second-order valence-corrected chi connectivity index (χ2v) is 6.01. The number of ether oxygens (including phenoxy) is 2. The van der Waals surface area contributed by atoms with Crippen molar-refractivity contribution in [1.82, 2.24) is 24.5 Å². The Kier molecular flexibility index (Phi) is 6.03. The van der Waals surface area contributed by atoms with E-state index in [0.29, 0.717) is 35.8 Å². The quantitative estimate of drug-likeness (QED) is 0.595. The fourth-order valence-electron chi connectivity index (χ4n) is 2.80. The second-order valence-electron chi connectivity index (χ2n) is 6.01. The molecule has 0 aliphatic carbocycles. The third kappa shape index (κ3) is 4.19. The number of aromatic nitrogens is 4. The van der Waals surface area contributed by atoms with E-state index in [1.54, 1.807) is 36.1 Å². The summed E-state index contributed by atoms with van der Waals surface area (Å²) in [5.74, 6) is -0.318. The average molecular weight is 382 g/mol. The molecule has 0 fully saturated rings. The van der Waals surface area contributed by atoms with Gasteiger partial charge in [0.25, 0.3) is 5.91 Å². The van der Waals surface area contributed by atoms with Gasteiger partial charge in [0.1, 0.15) is 11.3 Å². The first kappa shape index (κ1) is 19.5. The Balaban J connectivity index is 1.77. The van der Waals surface area contributed by atoms with Gasteiger partial charge in [-0.1, -0.05) is 0 Å². The van der Waals surface area contributed by atoms with Crippen molar-refractivity contribution < 1.29 is 14.3 Å².